The first-order chi connectivity index (χ1) is 13.6. The second-order valence-electron chi connectivity index (χ2n) is 6.05. The minimum absolute atomic E-state index is 0.0485. The minimum atomic E-state index is -0.498. The van der Waals surface area contributed by atoms with Gasteiger partial charge in [0.1, 0.15) is 17.2 Å². The number of ether oxygens (including phenoxy) is 1. The summed E-state index contributed by atoms with van der Waals surface area (Å²) in [6.45, 7) is 1.89. The van der Waals surface area contributed by atoms with E-state index >= 15 is 0 Å². The van der Waals surface area contributed by atoms with Crippen molar-refractivity contribution >= 4 is 23.6 Å². The summed E-state index contributed by atoms with van der Waals surface area (Å²) in [5.74, 6) is 0.0616. The summed E-state index contributed by atoms with van der Waals surface area (Å²) in [7, 11) is 1.52. The molecule has 0 radical (unpaired) electrons. The van der Waals surface area contributed by atoms with Crippen LogP contribution in [-0.2, 0) is 4.79 Å². The lowest BCUT2D eigenvalue weighted by atomic mass is 10.1. The molecule has 28 heavy (non-hydrogen) atoms. The van der Waals surface area contributed by atoms with Crippen LogP contribution in [0.25, 0.3) is 6.08 Å². The number of hydrogen-bond acceptors (Lipinski definition) is 4. The van der Waals surface area contributed by atoms with Gasteiger partial charge in [0.15, 0.2) is 0 Å². The summed E-state index contributed by atoms with van der Waals surface area (Å²) in [6.07, 6.45) is 2.96. The van der Waals surface area contributed by atoms with E-state index < -0.39 is 11.8 Å². The fourth-order valence-corrected chi connectivity index (χ4v) is 2.59. The average Bonchev–Trinajstić information content (AvgIpc) is 3.21. The van der Waals surface area contributed by atoms with E-state index in [1.807, 2.05) is 13.0 Å². The molecule has 2 amide bonds. The smallest absolute Gasteiger partial charge is 0.272 e. The van der Waals surface area contributed by atoms with Crippen LogP contribution in [0, 0.1) is 6.92 Å². The molecule has 0 unspecified atom stereocenters. The van der Waals surface area contributed by atoms with E-state index in [9.17, 15) is 9.59 Å². The van der Waals surface area contributed by atoms with Crippen molar-refractivity contribution in [2.45, 2.75) is 6.92 Å². The Morgan fingerprint density at radius 3 is 2.57 bits per heavy atom. The largest absolute Gasteiger partial charge is 0.495 e. The van der Waals surface area contributed by atoms with Crippen LogP contribution in [0.15, 0.2) is 77.0 Å². The van der Waals surface area contributed by atoms with Crippen molar-refractivity contribution < 1.29 is 18.7 Å². The summed E-state index contributed by atoms with van der Waals surface area (Å²) < 4.78 is 10.5. The molecule has 0 saturated carbocycles. The third-order valence-corrected chi connectivity index (χ3v) is 3.96. The van der Waals surface area contributed by atoms with E-state index in [1.165, 1.54) is 19.4 Å². The number of hydrogen-bond donors (Lipinski definition) is 2. The van der Waals surface area contributed by atoms with E-state index in [0.717, 1.165) is 5.56 Å². The summed E-state index contributed by atoms with van der Waals surface area (Å²) in [5.41, 5.74) is 1.94. The first-order valence-corrected chi connectivity index (χ1v) is 8.64. The molecule has 6 nitrogen and oxygen atoms in total. The highest BCUT2D eigenvalue weighted by atomic mass is 16.5. The summed E-state index contributed by atoms with van der Waals surface area (Å²) in [6, 6.07) is 17.5. The number of nitrogens with one attached hydrogen (secondary N) is 2. The lowest BCUT2D eigenvalue weighted by molar-refractivity contribution is -0.113. The van der Waals surface area contributed by atoms with Crippen LogP contribution in [0.5, 0.6) is 5.75 Å². The molecule has 0 fully saturated rings. The van der Waals surface area contributed by atoms with Gasteiger partial charge in [-0.3, -0.25) is 9.59 Å². The third kappa shape index (κ3) is 4.67. The van der Waals surface area contributed by atoms with Crippen LogP contribution >= 0.6 is 0 Å². The molecule has 0 atom stereocenters. The number of para-hydroxylation sites is 2. The Labute approximate surface area is 162 Å². The number of carbonyl (C=O) groups is 2. The van der Waals surface area contributed by atoms with Crippen molar-refractivity contribution in [3.63, 3.8) is 0 Å². The summed E-state index contributed by atoms with van der Waals surface area (Å²) in [4.78, 5) is 25.5. The number of furan rings is 1. The zero-order valence-corrected chi connectivity index (χ0v) is 15.6. The second kappa shape index (κ2) is 8.73. The Bertz CT molecular complexity index is 1010. The van der Waals surface area contributed by atoms with Gasteiger partial charge in [-0.25, -0.2) is 0 Å². The maximum atomic E-state index is 12.8. The summed E-state index contributed by atoms with van der Waals surface area (Å²) >= 11 is 0. The van der Waals surface area contributed by atoms with Crippen molar-refractivity contribution in [2.24, 2.45) is 0 Å². The molecule has 0 aliphatic rings. The molecular formula is C22H20N2O4. The fraction of sp³-hybridized carbons (Fsp3) is 0.0909. The van der Waals surface area contributed by atoms with E-state index in [2.05, 4.69) is 10.6 Å². The highest BCUT2D eigenvalue weighted by Gasteiger charge is 2.17. The third-order valence-electron chi connectivity index (χ3n) is 3.96. The van der Waals surface area contributed by atoms with Gasteiger partial charge in [-0.15, -0.1) is 0 Å². The van der Waals surface area contributed by atoms with Crippen LogP contribution in [0.3, 0.4) is 0 Å². The molecule has 1 heterocycles. The van der Waals surface area contributed by atoms with Crippen molar-refractivity contribution in [3.8, 4) is 5.75 Å². The maximum Gasteiger partial charge on any atom is 0.272 e. The number of anilines is 1. The van der Waals surface area contributed by atoms with Gasteiger partial charge >= 0.3 is 0 Å². The van der Waals surface area contributed by atoms with Gasteiger partial charge in [-0.2, -0.15) is 0 Å². The summed E-state index contributed by atoms with van der Waals surface area (Å²) in [5, 5.41) is 5.42. The van der Waals surface area contributed by atoms with Crippen LogP contribution in [0.1, 0.15) is 21.7 Å². The lowest BCUT2D eigenvalue weighted by Crippen LogP contribution is -2.30. The standard InChI is InChI=1S/C22H20N2O4/c1-15-7-5-8-16(13-15)21(25)24-19(14-17-9-6-12-28-17)22(26)23-18-10-3-4-11-20(18)27-2/h3-14H,1-2H3,(H,23,26)(H,24,25)/b19-14-. The lowest BCUT2D eigenvalue weighted by Gasteiger charge is -2.13. The van der Waals surface area contributed by atoms with Crippen LogP contribution in [-0.4, -0.2) is 18.9 Å². The van der Waals surface area contributed by atoms with Gasteiger partial charge in [0, 0.05) is 11.6 Å². The highest BCUT2D eigenvalue weighted by Crippen LogP contribution is 2.23. The molecule has 3 aromatic rings. The monoisotopic (exact) mass is 376 g/mol. The van der Waals surface area contributed by atoms with Crippen molar-refractivity contribution in [3.05, 3.63) is 89.5 Å². The number of methoxy groups -OCH3 is 1. The fourth-order valence-electron chi connectivity index (χ4n) is 2.59. The quantitative estimate of drug-likeness (QED) is 0.637. The molecule has 142 valence electrons. The molecule has 0 saturated heterocycles. The molecule has 2 aromatic carbocycles. The van der Waals surface area contributed by atoms with E-state index in [0.29, 0.717) is 22.8 Å². The van der Waals surface area contributed by atoms with Gasteiger partial charge in [0.2, 0.25) is 0 Å². The van der Waals surface area contributed by atoms with Gasteiger partial charge in [-0.05, 0) is 43.3 Å². The first kappa shape index (κ1) is 19.0. The predicted molar refractivity (Wildman–Crippen MR) is 107 cm³/mol. The number of amides is 2. The molecule has 6 heteroatoms. The Morgan fingerprint density at radius 2 is 1.86 bits per heavy atom. The van der Waals surface area contributed by atoms with Gasteiger partial charge in [0.05, 0.1) is 19.1 Å². The SMILES string of the molecule is COc1ccccc1NC(=O)/C(=C/c1ccco1)NC(=O)c1cccc(C)c1. The molecule has 0 bridgehead atoms. The van der Waals surface area contributed by atoms with Crippen LogP contribution in [0.4, 0.5) is 5.69 Å². The minimum Gasteiger partial charge on any atom is -0.495 e. The molecule has 0 aliphatic heterocycles. The van der Waals surface area contributed by atoms with E-state index in [4.69, 9.17) is 9.15 Å². The molecule has 1 aromatic heterocycles. The number of aryl methyl sites for hydroxylation is 1. The molecule has 0 aliphatic carbocycles. The molecule has 0 spiro atoms. The maximum absolute atomic E-state index is 12.8. The topological polar surface area (TPSA) is 80.6 Å². The van der Waals surface area contributed by atoms with Gasteiger partial charge < -0.3 is 19.8 Å². The Balaban J connectivity index is 1.87. The normalized spacial score (nSPS) is 11.0. The van der Waals surface area contributed by atoms with Gasteiger partial charge in [-0.1, -0.05) is 29.8 Å². The van der Waals surface area contributed by atoms with Crippen molar-refractivity contribution in [1.82, 2.24) is 5.32 Å². The Morgan fingerprint density at radius 1 is 1.04 bits per heavy atom. The Kier molecular flexibility index (Phi) is 5.91. The van der Waals surface area contributed by atoms with Crippen LogP contribution < -0.4 is 15.4 Å². The zero-order chi connectivity index (χ0) is 19.9. The average molecular weight is 376 g/mol. The molecular weight excluding hydrogens is 356 g/mol. The van der Waals surface area contributed by atoms with E-state index in [-0.39, 0.29) is 5.70 Å². The van der Waals surface area contributed by atoms with Gasteiger partial charge in [0.25, 0.3) is 11.8 Å². The van der Waals surface area contributed by atoms with Crippen molar-refractivity contribution in [2.75, 3.05) is 12.4 Å². The van der Waals surface area contributed by atoms with Crippen LogP contribution in [0.2, 0.25) is 0 Å². The number of benzene rings is 2. The van der Waals surface area contributed by atoms with E-state index in [1.54, 1.807) is 54.6 Å². The molecule has 2 N–H and O–H groups in total. The highest BCUT2D eigenvalue weighted by molar-refractivity contribution is 6.11. The Hall–Kier alpha value is -3.80. The molecule has 3 rings (SSSR count). The zero-order valence-electron chi connectivity index (χ0n) is 15.6. The predicted octanol–water partition coefficient (Wildman–Crippen LogP) is 4.01. The number of rotatable bonds is 6. The second-order valence-corrected chi connectivity index (χ2v) is 6.05. The first-order valence-electron chi connectivity index (χ1n) is 8.64. The van der Waals surface area contributed by atoms with Crippen molar-refractivity contribution in [1.29, 1.82) is 0 Å². The number of carbonyl (C=O) groups excluding carboxylic acids is 2.